The molecule has 1 heterocycles. The zero-order valence-electron chi connectivity index (χ0n) is 14.7. The normalized spacial score (nSPS) is 10.4. The van der Waals surface area contributed by atoms with Crippen LogP contribution in [0.2, 0.25) is 0 Å². The molecule has 0 aliphatic rings. The Bertz CT molecular complexity index is 906. The lowest BCUT2D eigenvalue weighted by Crippen LogP contribution is -2.14. The van der Waals surface area contributed by atoms with Crippen LogP contribution < -0.4 is 10.6 Å². The summed E-state index contributed by atoms with van der Waals surface area (Å²) in [5.74, 6) is -0.507. The lowest BCUT2D eigenvalue weighted by molar-refractivity contribution is 0.102. The molecule has 0 unspecified atom stereocenters. The number of nitrogens with one attached hydrogen (secondary N) is 2. The Balaban J connectivity index is 1.60. The molecule has 0 fully saturated rings. The van der Waals surface area contributed by atoms with E-state index in [1.807, 2.05) is 32.0 Å². The highest BCUT2D eigenvalue weighted by atomic mass is 19.1. The number of halogens is 1. The Labute approximate surface area is 152 Å². The van der Waals surface area contributed by atoms with Crippen LogP contribution in [0, 0.1) is 19.7 Å². The summed E-state index contributed by atoms with van der Waals surface area (Å²) in [5.41, 5.74) is 5.14. The van der Waals surface area contributed by atoms with Crippen molar-refractivity contribution in [2.75, 3.05) is 10.6 Å². The molecule has 5 heteroatoms. The van der Waals surface area contributed by atoms with Gasteiger partial charge in [0.25, 0.3) is 5.91 Å². The van der Waals surface area contributed by atoms with Crippen LogP contribution in [-0.2, 0) is 6.54 Å². The Kier molecular flexibility index (Phi) is 5.27. The van der Waals surface area contributed by atoms with Crippen molar-refractivity contribution in [3.05, 3.63) is 89.0 Å². The number of aryl methyl sites for hydroxylation is 2. The summed E-state index contributed by atoms with van der Waals surface area (Å²) < 4.78 is 12.9. The van der Waals surface area contributed by atoms with E-state index < -0.39 is 0 Å². The van der Waals surface area contributed by atoms with Crippen molar-refractivity contribution in [1.29, 1.82) is 0 Å². The van der Waals surface area contributed by atoms with Gasteiger partial charge in [0.2, 0.25) is 0 Å². The van der Waals surface area contributed by atoms with E-state index in [2.05, 4.69) is 15.6 Å². The van der Waals surface area contributed by atoms with Crippen molar-refractivity contribution in [2.45, 2.75) is 20.4 Å². The maximum atomic E-state index is 12.9. The summed E-state index contributed by atoms with van der Waals surface area (Å²) in [5, 5.41) is 6.04. The molecule has 2 aromatic carbocycles. The topological polar surface area (TPSA) is 54.0 Å². The van der Waals surface area contributed by atoms with Crippen LogP contribution in [0.4, 0.5) is 15.8 Å². The number of hydrogen-bond donors (Lipinski definition) is 2. The summed E-state index contributed by atoms with van der Waals surface area (Å²) in [6.07, 6.45) is 1.61. The maximum absolute atomic E-state index is 12.9. The van der Waals surface area contributed by atoms with Gasteiger partial charge in [0, 0.05) is 12.2 Å². The fourth-order valence-electron chi connectivity index (χ4n) is 2.45. The maximum Gasteiger partial charge on any atom is 0.274 e. The van der Waals surface area contributed by atoms with E-state index >= 15 is 0 Å². The van der Waals surface area contributed by atoms with Gasteiger partial charge in [-0.15, -0.1) is 0 Å². The summed E-state index contributed by atoms with van der Waals surface area (Å²) in [6.45, 7) is 4.58. The Morgan fingerprint density at radius 2 is 1.69 bits per heavy atom. The molecule has 0 saturated heterocycles. The van der Waals surface area contributed by atoms with Gasteiger partial charge in [-0.3, -0.25) is 4.79 Å². The molecule has 132 valence electrons. The summed E-state index contributed by atoms with van der Waals surface area (Å²) in [6, 6.07) is 15.5. The third kappa shape index (κ3) is 4.45. The van der Waals surface area contributed by atoms with Crippen LogP contribution in [0.1, 0.15) is 27.2 Å². The highest BCUT2D eigenvalue weighted by Crippen LogP contribution is 2.15. The molecule has 4 nitrogen and oxygen atoms in total. The lowest BCUT2D eigenvalue weighted by atomic mass is 10.1. The monoisotopic (exact) mass is 349 g/mol. The highest BCUT2D eigenvalue weighted by Gasteiger charge is 2.08. The Hall–Kier alpha value is -3.21. The number of carbonyl (C=O) groups is 1. The first-order valence-corrected chi connectivity index (χ1v) is 8.34. The van der Waals surface area contributed by atoms with E-state index in [4.69, 9.17) is 0 Å². The smallest absolute Gasteiger partial charge is 0.274 e. The number of pyridine rings is 1. The first-order chi connectivity index (χ1) is 12.5. The molecule has 0 aliphatic carbocycles. The van der Waals surface area contributed by atoms with E-state index in [0.717, 1.165) is 22.5 Å². The molecule has 3 aromatic rings. The molecule has 0 bridgehead atoms. The minimum atomic E-state index is -0.255. The van der Waals surface area contributed by atoms with Gasteiger partial charge in [-0.05, 0) is 66.9 Å². The van der Waals surface area contributed by atoms with E-state index in [1.54, 1.807) is 30.5 Å². The quantitative estimate of drug-likeness (QED) is 0.702. The summed E-state index contributed by atoms with van der Waals surface area (Å²) in [7, 11) is 0. The second-order valence-corrected chi connectivity index (χ2v) is 6.17. The molecule has 0 atom stereocenters. The van der Waals surface area contributed by atoms with Gasteiger partial charge in [-0.1, -0.05) is 18.2 Å². The van der Waals surface area contributed by atoms with Crippen molar-refractivity contribution in [3.8, 4) is 0 Å². The second-order valence-electron chi connectivity index (χ2n) is 6.17. The van der Waals surface area contributed by atoms with Crippen molar-refractivity contribution in [3.63, 3.8) is 0 Å². The van der Waals surface area contributed by atoms with Crippen LogP contribution >= 0.6 is 0 Å². The molecule has 1 amide bonds. The number of rotatable bonds is 5. The van der Waals surface area contributed by atoms with Crippen molar-refractivity contribution < 1.29 is 9.18 Å². The van der Waals surface area contributed by atoms with Gasteiger partial charge < -0.3 is 10.6 Å². The number of anilines is 2. The van der Waals surface area contributed by atoms with E-state index in [1.165, 1.54) is 17.7 Å². The first kappa shape index (κ1) is 17.6. The fourth-order valence-corrected chi connectivity index (χ4v) is 2.45. The molecule has 1 aromatic heterocycles. The summed E-state index contributed by atoms with van der Waals surface area (Å²) >= 11 is 0. The predicted octanol–water partition coefficient (Wildman–Crippen LogP) is 4.70. The van der Waals surface area contributed by atoms with Gasteiger partial charge in [-0.25, -0.2) is 9.37 Å². The van der Waals surface area contributed by atoms with E-state index in [-0.39, 0.29) is 11.7 Å². The van der Waals surface area contributed by atoms with Crippen LogP contribution in [-0.4, -0.2) is 10.9 Å². The second kappa shape index (κ2) is 7.78. The van der Waals surface area contributed by atoms with Crippen LogP contribution in [0.5, 0.6) is 0 Å². The lowest BCUT2D eigenvalue weighted by Gasteiger charge is -2.09. The molecule has 0 aliphatic heterocycles. The Morgan fingerprint density at radius 1 is 0.962 bits per heavy atom. The zero-order chi connectivity index (χ0) is 18.5. The van der Waals surface area contributed by atoms with E-state index in [9.17, 15) is 9.18 Å². The zero-order valence-corrected chi connectivity index (χ0v) is 14.7. The van der Waals surface area contributed by atoms with Crippen molar-refractivity contribution in [1.82, 2.24) is 4.98 Å². The van der Waals surface area contributed by atoms with E-state index in [0.29, 0.717) is 12.2 Å². The number of amides is 1. The number of aromatic nitrogens is 1. The number of carbonyl (C=O) groups excluding carboxylic acids is 1. The van der Waals surface area contributed by atoms with Crippen molar-refractivity contribution >= 4 is 17.3 Å². The molecule has 0 spiro atoms. The van der Waals surface area contributed by atoms with Gasteiger partial charge in [0.1, 0.15) is 11.5 Å². The third-order valence-electron chi connectivity index (χ3n) is 4.17. The largest absolute Gasteiger partial charge is 0.380 e. The molecular formula is C21H20FN3O. The minimum Gasteiger partial charge on any atom is -0.380 e. The van der Waals surface area contributed by atoms with Crippen molar-refractivity contribution in [2.24, 2.45) is 0 Å². The molecule has 0 radical (unpaired) electrons. The number of benzene rings is 2. The molecular weight excluding hydrogens is 329 g/mol. The molecule has 2 N–H and O–H groups in total. The fraction of sp³-hybridized carbons (Fsp3) is 0.143. The SMILES string of the molecule is Cc1ccc(NC(=O)c2ccc(NCc3ccc(F)cc3)cn2)cc1C. The third-order valence-corrected chi connectivity index (χ3v) is 4.17. The number of hydrogen-bond acceptors (Lipinski definition) is 3. The average molecular weight is 349 g/mol. The number of nitrogens with zero attached hydrogens (tertiary/aromatic N) is 1. The molecule has 0 saturated carbocycles. The van der Waals surface area contributed by atoms with Gasteiger partial charge in [-0.2, -0.15) is 0 Å². The first-order valence-electron chi connectivity index (χ1n) is 8.34. The minimum absolute atomic E-state index is 0.252. The molecule has 3 rings (SSSR count). The van der Waals surface area contributed by atoms with Gasteiger partial charge in [0.15, 0.2) is 0 Å². The van der Waals surface area contributed by atoms with Gasteiger partial charge >= 0.3 is 0 Å². The average Bonchev–Trinajstić information content (AvgIpc) is 2.65. The van der Waals surface area contributed by atoms with Crippen LogP contribution in [0.3, 0.4) is 0 Å². The standard InChI is InChI=1S/C21H20FN3O/c1-14-3-8-18(11-15(14)2)25-21(26)20-10-9-19(13-24-20)23-12-16-4-6-17(22)7-5-16/h3-11,13,23H,12H2,1-2H3,(H,25,26). The van der Waals surface area contributed by atoms with Gasteiger partial charge in [0.05, 0.1) is 11.9 Å². The Morgan fingerprint density at radius 3 is 2.35 bits per heavy atom. The molecule has 26 heavy (non-hydrogen) atoms. The van der Waals surface area contributed by atoms with Crippen LogP contribution in [0.15, 0.2) is 60.8 Å². The predicted molar refractivity (Wildman–Crippen MR) is 102 cm³/mol. The van der Waals surface area contributed by atoms with Crippen LogP contribution in [0.25, 0.3) is 0 Å². The highest BCUT2D eigenvalue weighted by molar-refractivity contribution is 6.03. The summed E-state index contributed by atoms with van der Waals surface area (Å²) in [4.78, 5) is 16.5.